The molecule has 0 aliphatic rings. The first-order valence-electron chi connectivity index (χ1n) is 6.05. The van der Waals surface area contributed by atoms with Crippen LogP contribution < -0.4 is 10.5 Å². The summed E-state index contributed by atoms with van der Waals surface area (Å²) in [5, 5.41) is 12.9. The van der Waals surface area contributed by atoms with Gasteiger partial charge in [0.2, 0.25) is 0 Å². The minimum atomic E-state index is -0.957. The van der Waals surface area contributed by atoms with Gasteiger partial charge >= 0.3 is 11.8 Å². The molecule has 0 aliphatic carbocycles. The topological polar surface area (TPSA) is 77.5 Å². The Labute approximate surface area is 121 Å². The minimum absolute atomic E-state index is 0.0187. The molecule has 6 nitrogen and oxygen atoms in total. The minimum Gasteiger partial charge on any atom is -0.508 e. The van der Waals surface area contributed by atoms with Gasteiger partial charge in [-0.05, 0) is 36.4 Å². The summed E-state index contributed by atoms with van der Waals surface area (Å²) in [5.74, 6) is -2.89. The number of rotatable bonds is 3. The SMILES string of the molecule is O=c1oc(Oc2ccc(F)cc2F)nn1-c1ccc(O)cc1. The zero-order valence-corrected chi connectivity index (χ0v) is 10.9. The monoisotopic (exact) mass is 306 g/mol. The average Bonchev–Trinajstić information content (AvgIpc) is 2.84. The van der Waals surface area contributed by atoms with E-state index >= 15 is 0 Å². The van der Waals surface area contributed by atoms with E-state index in [0.717, 1.165) is 16.8 Å². The van der Waals surface area contributed by atoms with E-state index in [0.29, 0.717) is 11.8 Å². The van der Waals surface area contributed by atoms with E-state index in [1.165, 1.54) is 24.3 Å². The normalized spacial score (nSPS) is 10.6. The molecule has 0 bridgehead atoms. The largest absolute Gasteiger partial charge is 0.508 e. The quantitative estimate of drug-likeness (QED) is 0.805. The predicted octanol–water partition coefficient (Wildman–Crippen LogP) is 2.60. The number of ether oxygens (including phenoxy) is 1. The number of phenols is 1. The molecule has 8 heteroatoms. The molecule has 0 unspecified atom stereocenters. The van der Waals surface area contributed by atoms with Gasteiger partial charge in [-0.2, -0.15) is 4.68 Å². The van der Waals surface area contributed by atoms with E-state index in [-0.39, 0.29) is 11.5 Å². The van der Waals surface area contributed by atoms with Crippen LogP contribution in [0.5, 0.6) is 17.6 Å². The number of hydrogen-bond acceptors (Lipinski definition) is 5. The van der Waals surface area contributed by atoms with Crippen molar-refractivity contribution in [3.8, 4) is 23.3 Å². The van der Waals surface area contributed by atoms with Crippen LogP contribution in [-0.2, 0) is 0 Å². The van der Waals surface area contributed by atoms with Gasteiger partial charge in [0, 0.05) is 6.07 Å². The van der Waals surface area contributed by atoms with Gasteiger partial charge < -0.3 is 14.3 Å². The molecule has 3 rings (SSSR count). The summed E-state index contributed by atoms with van der Waals surface area (Å²) >= 11 is 0. The van der Waals surface area contributed by atoms with E-state index in [2.05, 4.69) is 5.10 Å². The van der Waals surface area contributed by atoms with Gasteiger partial charge in [0.25, 0.3) is 0 Å². The van der Waals surface area contributed by atoms with E-state index < -0.39 is 23.5 Å². The smallest absolute Gasteiger partial charge is 0.444 e. The summed E-state index contributed by atoms with van der Waals surface area (Å²) in [6.07, 6.45) is -0.497. The van der Waals surface area contributed by atoms with Crippen molar-refractivity contribution in [2.75, 3.05) is 0 Å². The van der Waals surface area contributed by atoms with Crippen LogP contribution in [0, 0.1) is 11.6 Å². The molecular formula is C14H8F2N2O4. The number of phenolic OH excluding ortho intramolecular Hbond substituents is 1. The standard InChI is InChI=1S/C14H8F2N2O4/c15-8-1-6-12(11(16)7-8)21-13-17-18(14(20)22-13)9-2-4-10(19)5-3-9/h1-7,19H. The van der Waals surface area contributed by atoms with Gasteiger partial charge in [-0.3, -0.25) is 0 Å². The Hall–Kier alpha value is -3.16. The Morgan fingerprint density at radius 2 is 1.86 bits per heavy atom. The third-order valence-corrected chi connectivity index (χ3v) is 2.71. The Bertz CT molecular complexity index is 871. The lowest BCUT2D eigenvalue weighted by Gasteiger charge is -2.01. The van der Waals surface area contributed by atoms with Crippen LogP contribution in [0.25, 0.3) is 5.69 Å². The van der Waals surface area contributed by atoms with Crippen LogP contribution in [0.2, 0.25) is 0 Å². The summed E-state index contributed by atoms with van der Waals surface area (Å²) in [6.45, 7) is 0. The Kier molecular flexibility index (Phi) is 3.34. The number of nitrogens with zero attached hydrogens (tertiary/aromatic N) is 2. The lowest BCUT2D eigenvalue weighted by Crippen LogP contribution is -2.12. The molecule has 0 amide bonds. The van der Waals surface area contributed by atoms with Crippen molar-refractivity contribution >= 4 is 0 Å². The van der Waals surface area contributed by atoms with E-state index in [1.54, 1.807) is 0 Å². The fourth-order valence-electron chi connectivity index (χ4n) is 1.71. The van der Waals surface area contributed by atoms with Crippen molar-refractivity contribution in [3.05, 3.63) is 64.6 Å². The van der Waals surface area contributed by atoms with E-state index in [4.69, 9.17) is 9.15 Å². The summed E-state index contributed by atoms with van der Waals surface area (Å²) in [4.78, 5) is 11.7. The molecule has 0 saturated heterocycles. The second kappa shape index (κ2) is 5.32. The van der Waals surface area contributed by atoms with Gasteiger partial charge in [0.1, 0.15) is 11.6 Å². The third-order valence-electron chi connectivity index (χ3n) is 2.71. The molecule has 1 N–H and O–H groups in total. The maximum Gasteiger partial charge on any atom is 0.444 e. The molecular weight excluding hydrogens is 298 g/mol. The summed E-state index contributed by atoms with van der Waals surface area (Å²) in [6, 6.07) is 8.25. The number of aromatic nitrogens is 2. The Morgan fingerprint density at radius 1 is 1.14 bits per heavy atom. The number of aromatic hydroxyl groups is 1. The van der Waals surface area contributed by atoms with Crippen LogP contribution in [0.3, 0.4) is 0 Å². The van der Waals surface area contributed by atoms with Crippen molar-refractivity contribution in [1.82, 2.24) is 9.78 Å². The van der Waals surface area contributed by atoms with Crippen molar-refractivity contribution in [2.24, 2.45) is 0 Å². The summed E-state index contributed by atoms with van der Waals surface area (Å²) < 4.78 is 36.9. The lowest BCUT2D eigenvalue weighted by atomic mass is 10.3. The van der Waals surface area contributed by atoms with E-state index in [1.807, 2.05) is 0 Å². The highest BCUT2D eigenvalue weighted by Gasteiger charge is 2.14. The van der Waals surface area contributed by atoms with Crippen molar-refractivity contribution < 1.29 is 23.0 Å². The highest BCUT2D eigenvalue weighted by Crippen LogP contribution is 2.23. The molecule has 0 atom stereocenters. The second-order valence-electron chi connectivity index (χ2n) is 4.24. The molecule has 0 fully saturated rings. The van der Waals surface area contributed by atoms with Crippen molar-refractivity contribution in [1.29, 1.82) is 0 Å². The van der Waals surface area contributed by atoms with Gasteiger partial charge in [0.15, 0.2) is 11.6 Å². The molecule has 112 valence electrons. The van der Waals surface area contributed by atoms with Crippen LogP contribution in [0.4, 0.5) is 8.78 Å². The van der Waals surface area contributed by atoms with Crippen molar-refractivity contribution in [2.45, 2.75) is 0 Å². The number of halogens is 2. The summed E-state index contributed by atoms with van der Waals surface area (Å²) in [5.41, 5.74) is 0.320. The molecule has 0 radical (unpaired) electrons. The highest BCUT2D eigenvalue weighted by atomic mass is 19.1. The lowest BCUT2D eigenvalue weighted by molar-refractivity contribution is 0.308. The second-order valence-corrected chi connectivity index (χ2v) is 4.24. The molecule has 2 aromatic carbocycles. The molecule has 1 aromatic heterocycles. The molecule has 0 saturated carbocycles. The van der Waals surface area contributed by atoms with Crippen LogP contribution >= 0.6 is 0 Å². The summed E-state index contributed by atoms with van der Waals surface area (Å²) in [7, 11) is 0. The Morgan fingerprint density at radius 3 is 2.55 bits per heavy atom. The molecule has 22 heavy (non-hydrogen) atoms. The zero-order chi connectivity index (χ0) is 15.7. The molecule has 3 aromatic rings. The van der Waals surface area contributed by atoms with Gasteiger partial charge in [-0.25, -0.2) is 13.6 Å². The van der Waals surface area contributed by atoms with Crippen LogP contribution in [-0.4, -0.2) is 14.9 Å². The van der Waals surface area contributed by atoms with Crippen LogP contribution in [0.15, 0.2) is 51.7 Å². The maximum absolute atomic E-state index is 13.5. The fraction of sp³-hybridized carbons (Fsp3) is 0. The molecule has 0 spiro atoms. The van der Waals surface area contributed by atoms with E-state index in [9.17, 15) is 18.7 Å². The molecule has 0 aliphatic heterocycles. The highest BCUT2D eigenvalue weighted by molar-refractivity contribution is 5.35. The fourth-order valence-corrected chi connectivity index (χ4v) is 1.71. The zero-order valence-electron chi connectivity index (χ0n) is 10.9. The van der Waals surface area contributed by atoms with Gasteiger partial charge in [0.05, 0.1) is 5.69 Å². The first-order chi connectivity index (χ1) is 10.5. The average molecular weight is 306 g/mol. The van der Waals surface area contributed by atoms with Crippen molar-refractivity contribution in [3.63, 3.8) is 0 Å². The first-order valence-corrected chi connectivity index (χ1v) is 6.05. The van der Waals surface area contributed by atoms with Gasteiger partial charge in [-0.15, -0.1) is 0 Å². The first kappa shape index (κ1) is 13.8. The predicted molar refractivity (Wildman–Crippen MR) is 70.2 cm³/mol. The third kappa shape index (κ3) is 2.66. The number of benzene rings is 2. The number of hydrogen-bond donors (Lipinski definition) is 1. The van der Waals surface area contributed by atoms with Crippen LogP contribution in [0.1, 0.15) is 0 Å². The maximum atomic E-state index is 13.5. The molecule has 1 heterocycles. The Balaban J connectivity index is 1.92. The van der Waals surface area contributed by atoms with Gasteiger partial charge in [-0.1, -0.05) is 5.10 Å².